The second-order valence-electron chi connectivity index (χ2n) is 6.73. The SMILES string of the molecule is O=C(NC(c1ccccc1)C(CO)Cc1ccccc1)OCc1ccccc1. The van der Waals surface area contributed by atoms with Gasteiger partial charge in [0, 0.05) is 12.5 Å². The number of hydrogen-bond donors (Lipinski definition) is 2. The highest BCUT2D eigenvalue weighted by Gasteiger charge is 2.25. The standard InChI is InChI=1S/C24H25NO3/c26-17-22(16-19-10-4-1-5-11-19)23(21-14-8-3-9-15-21)25-24(27)28-18-20-12-6-2-7-13-20/h1-15,22-23,26H,16-18H2,(H,25,27). The molecule has 0 aliphatic carbocycles. The molecule has 0 radical (unpaired) electrons. The van der Waals surface area contributed by atoms with E-state index in [4.69, 9.17) is 4.74 Å². The van der Waals surface area contributed by atoms with Gasteiger partial charge in [-0.1, -0.05) is 91.0 Å². The van der Waals surface area contributed by atoms with E-state index >= 15 is 0 Å². The molecule has 0 saturated heterocycles. The van der Waals surface area contributed by atoms with Crippen molar-refractivity contribution in [2.45, 2.75) is 19.1 Å². The van der Waals surface area contributed by atoms with E-state index in [1.165, 1.54) is 0 Å². The number of carbonyl (C=O) groups excluding carboxylic acids is 1. The summed E-state index contributed by atoms with van der Waals surface area (Å²) in [7, 11) is 0. The van der Waals surface area contributed by atoms with Gasteiger partial charge < -0.3 is 15.2 Å². The monoisotopic (exact) mass is 375 g/mol. The topological polar surface area (TPSA) is 58.6 Å². The van der Waals surface area contributed by atoms with Crippen LogP contribution in [0.25, 0.3) is 0 Å². The Balaban J connectivity index is 1.72. The first-order chi connectivity index (χ1) is 13.8. The maximum absolute atomic E-state index is 12.5. The first kappa shape index (κ1) is 19.6. The van der Waals surface area contributed by atoms with Crippen LogP contribution in [0.5, 0.6) is 0 Å². The molecule has 0 heterocycles. The number of amides is 1. The Morgan fingerprint density at radius 1 is 0.821 bits per heavy atom. The average Bonchev–Trinajstić information content (AvgIpc) is 2.76. The van der Waals surface area contributed by atoms with E-state index < -0.39 is 6.09 Å². The van der Waals surface area contributed by atoms with Crippen LogP contribution in [0.2, 0.25) is 0 Å². The Bertz CT molecular complexity index is 837. The van der Waals surface area contributed by atoms with E-state index in [-0.39, 0.29) is 25.2 Å². The minimum Gasteiger partial charge on any atom is -0.445 e. The molecule has 0 saturated carbocycles. The molecule has 0 fully saturated rings. The molecule has 2 unspecified atom stereocenters. The highest BCUT2D eigenvalue weighted by Crippen LogP contribution is 2.25. The number of nitrogens with one attached hydrogen (secondary N) is 1. The summed E-state index contributed by atoms with van der Waals surface area (Å²) in [5, 5.41) is 13.0. The normalized spacial score (nSPS) is 12.8. The van der Waals surface area contributed by atoms with Gasteiger partial charge in [-0.2, -0.15) is 0 Å². The van der Waals surface area contributed by atoms with Crippen LogP contribution in [0.3, 0.4) is 0 Å². The Morgan fingerprint density at radius 3 is 1.93 bits per heavy atom. The molecule has 0 bridgehead atoms. The van der Waals surface area contributed by atoms with Crippen LogP contribution in [-0.2, 0) is 17.8 Å². The maximum atomic E-state index is 12.5. The van der Waals surface area contributed by atoms with Crippen molar-refractivity contribution in [3.63, 3.8) is 0 Å². The van der Waals surface area contributed by atoms with E-state index in [9.17, 15) is 9.90 Å². The highest BCUT2D eigenvalue weighted by atomic mass is 16.5. The predicted octanol–water partition coefficient (Wildman–Crippen LogP) is 4.51. The van der Waals surface area contributed by atoms with Crippen molar-refractivity contribution in [1.29, 1.82) is 0 Å². The van der Waals surface area contributed by atoms with Gasteiger partial charge in [-0.05, 0) is 23.1 Å². The summed E-state index contributed by atoms with van der Waals surface area (Å²) in [6.07, 6.45) is 0.153. The lowest BCUT2D eigenvalue weighted by atomic mass is 9.88. The van der Waals surface area contributed by atoms with E-state index in [0.717, 1.165) is 16.7 Å². The van der Waals surface area contributed by atoms with Crippen LogP contribution in [0.15, 0.2) is 91.0 Å². The fourth-order valence-corrected chi connectivity index (χ4v) is 3.23. The number of aliphatic hydroxyl groups is 1. The molecular formula is C24H25NO3. The average molecular weight is 375 g/mol. The Labute approximate surface area is 165 Å². The number of ether oxygens (including phenoxy) is 1. The van der Waals surface area contributed by atoms with Crippen LogP contribution in [0, 0.1) is 5.92 Å². The largest absolute Gasteiger partial charge is 0.445 e. The lowest BCUT2D eigenvalue weighted by Gasteiger charge is -2.27. The Morgan fingerprint density at radius 2 is 1.36 bits per heavy atom. The number of carbonyl (C=O) groups is 1. The fourth-order valence-electron chi connectivity index (χ4n) is 3.23. The predicted molar refractivity (Wildman–Crippen MR) is 110 cm³/mol. The van der Waals surface area contributed by atoms with Crippen molar-refractivity contribution < 1.29 is 14.6 Å². The zero-order chi connectivity index (χ0) is 19.6. The molecule has 0 spiro atoms. The minimum atomic E-state index is -0.496. The third-order valence-electron chi connectivity index (χ3n) is 4.69. The molecule has 4 nitrogen and oxygen atoms in total. The van der Waals surface area contributed by atoms with Crippen molar-refractivity contribution in [3.8, 4) is 0 Å². The van der Waals surface area contributed by atoms with Gasteiger partial charge in [0.05, 0.1) is 6.04 Å². The highest BCUT2D eigenvalue weighted by molar-refractivity contribution is 5.68. The van der Waals surface area contributed by atoms with E-state index in [1.54, 1.807) is 0 Å². The minimum absolute atomic E-state index is 0.0482. The van der Waals surface area contributed by atoms with Gasteiger partial charge in [-0.15, -0.1) is 0 Å². The summed E-state index contributed by atoms with van der Waals surface area (Å²) in [5.74, 6) is -0.172. The zero-order valence-corrected chi connectivity index (χ0v) is 15.7. The summed E-state index contributed by atoms with van der Waals surface area (Å²) in [6.45, 7) is 0.157. The fraction of sp³-hybridized carbons (Fsp3) is 0.208. The molecule has 28 heavy (non-hydrogen) atoms. The third-order valence-corrected chi connectivity index (χ3v) is 4.69. The molecule has 2 atom stereocenters. The van der Waals surface area contributed by atoms with Crippen LogP contribution in [0.4, 0.5) is 4.79 Å². The van der Waals surface area contributed by atoms with E-state index in [2.05, 4.69) is 5.32 Å². The summed E-state index contributed by atoms with van der Waals surface area (Å²) in [4.78, 5) is 12.5. The number of alkyl carbamates (subject to hydrolysis) is 1. The maximum Gasteiger partial charge on any atom is 0.407 e. The summed E-state index contributed by atoms with van der Waals surface area (Å²) >= 11 is 0. The van der Waals surface area contributed by atoms with Gasteiger partial charge in [0.15, 0.2) is 0 Å². The molecule has 3 aromatic rings. The molecule has 0 aromatic heterocycles. The number of aliphatic hydroxyl groups excluding tert-OH is 1. The quantitative estimate of drug-likeness (QED) is 0.609. The van der Waals surface area contributed by atoms with Crippen LogP contribution < -0.4 is 5.32 Å². The first-order valence-corrected chi connectivity index (χ1v) is 9.43. The Hall–Kier alpha value is -3.11. The number of benzene rings is 3. The number of rotatable bonds is 8. The molecule has 0 aliphatic heterocycles. The lowest BCUT2D eigenvalue weighted by molar-refractivity contribution is 0.124. The van der Waals surface area contributed by atoms with Gasteiger partial charge >= 0.3 is 6.09 Å². The van der Waals surface area contributed by atoms with E-state index in [1.807, 2.05) is 91.0 Å². The smallest absolute Gasteiger partial charge is 0.407 e. The Kier molecular flexibility index (Phi) is 7.21. The van der Waals surface area contributed by atoms with Crippen molar-refractivity contribution in [2.24, 2.45) is 5.92 Å². The summed E-state index contributed by atoms with van der Waals surface area (Å²) < 4.78 is 5.39. The molecule has 1 amide bonds. The molecule has 3 aromatic carbocycles. The summed E-state index contributed by atoms with van der Waals surface area (Å²) in [5.41, 5.74) is 2.98. The van der Waals surface area contributed by atoms with E-state index in [0.29, 0.717) is 6.42 Å². The zero-order valence-electron chi connectivity index (χ0n) is 15.7. The van der Waals surface area contributed by atoms with Crippen molar-refractivity contribution in [3.05, 3.63) is 108 Å². The first-order valence-electron chi connectivity index (χ1n) is 9.43. The van der Waals surface area contributed by atoms with Crippen molar-refractivity contribution >= 4 is 6.09 Å². The van der Waals surface area contributed by atoms with Crippen LogP contribution in [0.1, 0.15) is 22.7 Å². The van der Waals surface area contributed by atoms with Gasteiger partial charge in [0.25, 0.3) is 0 Å². The van der Waals surface area contributed by atoms with Gasteiger partial charge in [-0.25, -0.2) is 4.79 Å². The molecule has 144 valence electrons. The third kappa shape index (κ3) is 5.69. The van der Waals surface area contributed by atoms with Gasteiger partial charge in [-0.3, -0.25) is 0 Å². The van der Waals surface area contributed by atoms with Crippen LogP contribution in [-0.4, -0.2) is 17.8 Å². The van der Waals surface area contributed by atoms with Gasteiger partial charge in [0.1, 0.15) is 6.61 Å². The summed E-state index contributed by atoms with van der Waals surface area (Å²) in [6, 6.07) is 28.9. The lowest BCUT2D eigenvalue weighted by Crippen LogP contribution is -2.36. The van der Waals surface area contributed by atoms with Crippen LogP contribution >= 0.6 is 0 Å². The van der Waals surface area contributed by atoms with Crippen molar-refractivity contribution in [1.82, 2.24) is 5.32 Å². The molecule has 3 rings (SSSR count). The second-order valence-corrected chi connectivity index (χ2v) is 6.73. The van der Waals surface area contributed by atoms with Crippen molar-refractivity contribution in [2.75, 3.05) is 6.61 Å². The molecule has 0 aliphatic rings. The second kappa shape index (κ2) is 10.3. The number of hydrogen-bond acceptors (Lipinski definition) is 3. The molecular weight excluding hydrogens is 350 g/mol. The molecule has 4 heteroatoms. The van der Waals surface area contributed by atoms with Gasteiger partial charge in [0.2, 0.25) is 0 Å². The molecule has 2 N–H and O–H groups in total.